The molecule has 0 spiro atoms. The van der Waals surface area contributed by atoms with Crippen LogP contribution >= 0.6 is 0 Å². The highest BCUT2D eigenvalue weighted by atomic mass is 16.5. The Balaban J connectivity index is 4.55. The van der Waals surface area contributed by atoms with Gasteiger partial charge in [0.2, 0.25) is 5.91 Å². The van der Waals surface area contributed by atoms with Crippen molar-refractivity contribution in [3.8, 4) is 0 Å². The molecule has 0 aliphatic heterocycles. The minimum Gasteiger partial charge on any atom is -0.479 e. The molecule has 0 radical (unpaired) electrons. The molecule has 0 saturated carbocycles. The number of methoxy groups -OCH3 is 2. The van der Waals surface area contributed by atoms with Crippen LogP contribution in [-0.4, -0.2) is 49.5 Å². The molecule has 1 amide bonds. The van der Waals surface area contributed by atoms with Gasteiger partial charge in [0.15, 0.2) is 5.54 Å². The molecule has 0 heterocycles. The molecule has 15 heavy (non-hydrogen) atoms. The fourth-order valence-corrected chi connectivity index (χ4v) is 0.921. The zero-order chi connectivity index (χ0) is 12.1. The number of amides is 1. The highest BCUT2D eigenvalue weighted by Gasteiger charge is 2.36. The smallest absolute Gasteiger partial charge is 0.331 e. The molecule has 2 atom stereocenters. The Hall–Kier alpha value is -1.14. The Morgan fingerprint density at radius 3 is 2.33 bits per heavy atom. The van der Waals surface area contributed by atoms with Gasteiger partial charge in [0, 0.05) is 14.2 Å². The number of ether oxygens (including phenoxy) is 2. The van der Waals surface area contributed by atoms with E-state index in [1.807, 2.05) is 0 Å². The molecule has 0 saturated heterocycles. The summed E-state index contributed by atoms with van der Waals surface area (Å²) in [6.45, 7) is 2.80. The fraction of sp³-hybridized carbons (Fsp3) is 0.778. The number of hydrogen-bond acceptors (Lipinski definition) is 4. The Kier molecular flexibility index (Phi) is 5.24. The largest absolute Gasteiger partial charge is 0.479 e. The lowest BCUT2D eigenvalue weighted by Gasteiger charge is -2.26. The van der Waals surface area contributed by atoms with E-state index in [2.05, 4.69) is 5.32 Å². The van der Waals surface area contributed by atoms with Crippen LogP contribution in [0.5, 0.6) is 0 Å². The first kappa shape index (κ1) is 13.9. The first-order valence-electron chi connectivity index (χ1n) is 4.44. The monoisotopic (exact) mass is 219 g/mol. The molecule has 0 aliphatic carbocycles. The second-order valence-electron chi connectivity index (χ2n) is 3.44. The summed E-state index contributed by atoms with van der Waals surface area (Å²) in [6.07, 6.45) is -0.694. The van der Waals surface area contributed by atoms with Crippen molar-refractivity contribution < 1.29 is 24.2 Å². The van der Waals surface area contributed by atoms with Crippen LogP contribution in [0.15, 0.2) is 0 Å². The van der Waals surface area contributed by atoms with E-state index < -0.39 is 23.5 Å². The number of aliphatic carboxylic acids is 1. The maximum absolute atomic E-state index is 11.4. The van der Waals surface area contributed by atoms with E-state index in [0.717, 1.165) is 0 Å². The van der Waals surface area contributed by atoms with Crippen molar-refractivity contribution in [2.75, 3.05) is 20.8 Å². The van der Waals surface area contributed by atoms with Gasteiger partial charge in [0.1, 0.15) is 6.10 Å². The van der Waals surface area contributed by atoms with E-state index in [1.54, 1.807) is 0 Å². The van der Waals surface area contributed by atoms with Crippen molar-refractivity contribution in [2.24, 2.45) is 0 Å². The van der Waals surface area contributed by atoms with Gasteiger partial charge >= 0.3 is 5.97 Å². The fourth-order valence-electron chi connectivity index (χ4n) is 0.921. The maximum atomic E-state index is 11.4. The van der Waals surface area contributed by atoms with Crippen molar-refractivity contribution in [3.05, 3.63) is 0 Å². The van der Waals surface area contributed by atoms with Gasteiger partial charge in [-0.3, -0.25) is 4.79 Å². The Labute approximate surface area is 88.6 Å². The molecule has 0 rings (SSSR count). The lowest BCUT2D eigenvalue weighted by molar-refractivity contribution is -0.151. The predicted molar refractivity (Wildman–Crippen MR) is 52.5 cm³/mol. The summed E-state index contributed by atoms with van der Waals surface area (Å²) in [5.41, 5.74) is -1.43. The third kappa shape index (κ3) is 3.85. The van der Waals surface area contributed by atoms with Gasteiger partial charge in [0.25, 0.3) is 0 Å². The van der Waals surface area contributed by atoms with E-state index in [1.165, 1.54) is 28.1 Å². The van der Waals surface area contributed by atoms with E-state index in [4.69, 9.17) is 14.6 Å². The Morgan fingerprint density at radius 1 is 1.47 bits per heavy atom. The zero-order valence-electron chi connectivity index (χ0n) is 9.36. The highest BCUT2D eigenvalue weighted by molar-refractivity contribution is 5.88. The number of hydrogen-bond donors (Lipinski definition) is 2. The number of rotatable bonds is 6. The topological polar surface area (TPSA) is 84.9 Å². The molecular weight excluding hydrogens is 202 g/mol. The van der Waals surface area contributed by atoms with Gasteiger partial charge in [-0.05, 0) is 13.8 Å². The van der Waals surface area contributed by atoms with E-state index >= 15 is 0 Å². The number of carbonyl (C=O) groups is 2. The summed E-state index contributed by atoms with van der Waals surface area (Å²) in [5, 5.41) is 11.3. The molecule has 88 valence electrons. The van der Waals surface area contributed by atoms with Gasteiger partial charge in [-0.15, -0.1) is 0 Å². The number of carboxylic acid groups (broad SMARTS) is 1. The molecule has 0 aromatic rings. The van der Waals surface area contributed by atoms with Crippen molar-refractivity contribution in [3.63, 3.8) is 0 Å². The Morgan fingerprint density at radius 2 is 2.00 bits per heavy atom. The summed E-state index contributed by atoms with van der Waals surface area (Å²) in [7, 11) is 2.74. The van der Waals surface area contributed by atoms with Crippen LogP contribution in [0.2, 0.25) is 0 Å². The standard InChI is InChI=1S/C9H17NO5/c1-6(15-4)7(11)10-9(2,5-14-3)8(12)13/h6H,5H2,1-4H3,(H,10,11)(H,12,13). The average molecular weight is 219 g/mol. The molecule has 0 aliphatic rings. The predicted octanol–water partition coefficient (Wildman–Crippen LogP) is -0.373. The SMILES string of the molecule is COCC(C)(NC(=O)C(C)OC)C(=O)O. The average Bonchev–Trinajstić information content (AvgIpc) is 2.16. The number of carboxylic acids is 1. The van der Waals surface area contributed by atoms with Crippen LogP contribution < -0.4 is 5.32 Å². The minimum atomic E-state index is -1.43. The van der Waals surface area contributed by atoms with Gasteiger partial charge in [-0.2, -0.15) is 0 Å². The number of carbonyl (C=O) groups excluding carboxylic acids is 1. The molecular formula is C9H17NO5. The van der Waals surface area contributed by atoms with Crippen LogP contribution in [-0.2, 0) is 19.1 Å². The molecule has 6 nitrogen and oxygen atoms in total. The van der Waals surface area contributed by atoms with Crippen molar-refractivity contribution in [2.45, 2.75) is 25.5 Å². The Bertz CT molecular complexity index is 243. The maximum Gasteiger partial charge on any atom is 0.331 e. The lowest BCUT2D eigenvalue weighted by Crippen LogP contribution is -2.57. The van der Waals surface area contributed by atoms with Crippen LogP contribution in [0, 0.1) is 0 Å². The zero-order valence-corrected chi connectivity index (χ0v) is 9.36. The molecule has 6 heteroatoms. The lowest BCUT2D eigenvalue weighted by atomic mass is 10.0. The van der Waals surface area contributed by atoms with Gasteiger partial charge < -0.3 is 19.9 Å². The van der Waals surface area contributed by atoms with E-state index in [0.29, 0.717) is 0 Å². The molecule has 0 aromatic carbocycles. The summed E-state index contributed by atoms with van der Waals surface area (Å²) in [5.74, 6) is -1.64. The van der Waals surface area contributed by atoms with Crippen LogP contribution in [0.1, 0.15) is 13.8 Å². The third-order valence-electron chi connectivity index (χ3n) is 2.03. The first-order chi connectivity index (χ1) is 6.87. The van der Waals surface area contributed by atoms with Crippen molar-refractivity contribution in [1.29, 1.82) is 0 Å². The van der Waals surface area contributed by atoms with Gasteiger partial charge in [-0.1, -0.05) is 0 Å². The quantitative estimate of drug-likeness (QED) is 0.636. The second kappa shape index (κ2) is 5.67. The van der Waals surface area contributed by atoms with Crippen LogP contribution in [0.25, 0.3) is 0 Å². The van der Waals surface area contributed by atoms with E-state index in [9.17, 15) is 9.59 Å². The minimum absolute atomic E-state index is 0.107. The molecule has 2 unspecified atom stereocenters. The highest BCUT2D eigenvalue weighted by Crippen LogP contribution is 2.05. The van der Waals surface area contributed by atoms with Crippen LogP contribution in [0.3, 0.4) is 0 Å². The second-order valence-corrected chi connectivity index (χ2v) is 3.44. The summed E-state index contributed by atoms with van der Waals surface area (Å²) >= 11 is 0. The first-order valence-corrected chi connectivity index (χ1v) is 4.44. The van der Waals surface area contributed by atoms with Crippen molar-refractivity contribution in [1.82, 2.24) is 5.32 Å². The molecule has 0 aromatic heterocycles. The normalized spacial score (nSPS) is 16.5. The number of nitrogens with one attached hydrogen (secondary N) is 1. The summed E-state index contributed by atoms with van der Waals surface area (Å²) in [6, 6.07) is 0. The van der Waals surface area contributed by atoms with Crippen LogP contribution in [0.4, 0.5) is 0 Å². The van der Waals surface area contributed by atoms with Gasteiger partial charge in [0.05, 0.1) is 6.61 Å². The third-order valence-corrected chi connectivity index (χ3v) is 2.03. The van der Waals surface area contributed by atoms with Crippen molar-refractivity contribution >= 4 is 11.9 Å². The summed E-state index contributed by atoms with van der Waals surface area (Å²) < 4.78 is 9.52. The van der Waals surface area contributed by atoms with Gasteiger partial charge in [-0.25, -0.2) is 4.79 Å². The molecule has 0 bridgehead atoms. The molecule has 0 fully saturated rings. The van der Waals surface area contributed by atoms with E-state index in [-0.39, 0.29) is 6.61 Å². The molecule has 2 N–H and O–H groups in total. The summed E-state index contributed by atoms with van der Waals surface area (Å²) in [4.78, 5) is 22.3.